The van der Waals surface area contributed by atoms with Crippen LogP contribution in [0.2, 0.25) is 0 Å². The molecule has 0 aliphatic carbocycles. The number of thioether (sulfide) groups is 1. The summed E-state index contributed by atoms with van der Waals surface area (Å²) in [5, 5.41) is 6.55. The Hall–Kier alpha value is -0.220. The fraction of sp³-hybridized carbons (Fsp3) is 0.923. The zero-order valence-electron chi connectivity index (χ0n) is 11.1. The Kier molecular flexibility index (Phi) is 7.69. The van der Waals surface area contributed by atoms with Crippen LogP contribution in [-0.4, -0.2) is 36.0 Å². The smallest absolute Gasteiger partial charge is 0.221 e. The second kappa shape index (κ2) is 8.81. The summed E-state index contributed by atoms with van der Waals surface area (Å²) >= 11 is 1.89. The van der Waals surface area contributed by atoms with Crippen molar-refractivity contribution in [1.82, 2.24) is 10.6 Å². The minimum absolute atomic E-state index is 0.217. The molecule has 2 N–H and O–H groups in total. The van der Waals surface area contributed by atoms with E-state index in [1.807, 2.05) is 11.8 Å². The summed E-state index contributed by atoms with van der Waals surface area (Å²) in [7, 11) is 0. The first-order valence-corrected chi connectivity index (χ1v) is 8.00. The highest BCUT2D eigenvalue weighted by molar-refractivity contribution is 7.99. The summed E-state index contributed by atoms with van der Waals surface area (Å²) in [6, 6.07) is 0.748. The van der Waals surface area contributed by atoms with Crippen molar-refractivity contribution in [2.75, 3.05) is 18.1 Å². The largest absolute Gasteiger partial charge is 0.352 e. The normalized spacial score (nSPS) is 24.6. The molecule has 2 atom stereocenters. The van der Waals surface area contributed by atoms with Gasteiger partial charge in [-0.3, -0.25) is 4.79 Å². The third kappa shape index (κ3) is 6.32. The molecule has 1 heterocycles. The first-order valence-electron chi connectivity index (χ1n) is 6.84. The van der Waals surface area contributed by atoms with Crippen molar-refractivity contribution in [2.24, 2.45) is 0 Å². The average molecular weight is 258 g/mol. The highest BCUT2D eigenvalue weighted by Gasteiger charge is 2.21. The van der Waals surface area contributed by atoms with E-state index in [0.717, 1.165) is 18.7 Å². The first kappa shape index (κ1) is 14.8. The molecule has 0 aromatic heterocycles. The summed E-state index contributed by atoms with van der Waals surface area (Å²) in [6.45, 7) is 5.44. The van der Waals surface area contributed by atoms with Crippen LogP contribution in [0.4, 0.5) is 0 Å². The minimum atomic E-state index is 0.217. The van der Waals surface area contributed by atoms with E-state index in [2.05, 4.69) is 24.5 Å². The second-order valence-corrected chi connectivity index (χ2v) is 6.00. The Morgan fingerprint density at radius 1 is 1.47 bits per heavy atom. The Morgan fingerprint density at radius 3 is 3.00 bits per heavy atom. The van der Waals surface area contributed by atoms with Gasteiger partial charge in [-0.1, -0.05) is 13.3 Å². The topological polar surface area (TPSA) is 41.1 Å². The molecule has 4 heteroatoms. The summed E-state index contributed by atoms with van der Waals surface area (Å²) < 4.78 is 0. The van der Waals surface area contributed by atoms with Crippen LogP contribution >= 0.6 is 11.8 Å². The molecule has 3 nitrogen and oxygen atoms in total. The number of carbonyl (C=O) groups is 1. The number of piperidine rings is 1. The van der Waals surface area contributed by atoms with E-state index in [9.17, 15) is 4.79 Å². The molecule has 1 rings (SSSR count). The van der Waals surface area contributed by atoms with Gasteiger partial charge in [-0.2, -0.15) is 11.8 Å². The molecular weight excluding hydrogens is 232 g/mol. The van der Waals surface area contributed by atoms with Crippen LogP contribution in [0.3, 0.4) is 0 Å². The summed E-state index contributed by atoms with van der Waals surface area (Å²) in [6.07, 6.45) is 5.45. The maximum absolute atomic E-state index is 11.7. The molecule has 1 aliphatic rings. The van der Waals surface area contributed by atoms with Gasteiger partial charge in [-0.05, 0) is 38.5 Å². The van der Waals surface area contributed by atoms with Crippen LogP contribution < -0.4 is 10.6 Å². The van der Waals surface area contributed by atoms with Crippen LogP contribution in [0.25, 0.3) is 0 Å². The molecule has 2 unspecified atom stereocenters. The first-order chi connectivity index (χ1) is 8.24. The molecule has 1 aliphatic heterocycles. The van der Waals surface area contributed by atoms with E-state index in [1.54, 1.807) is 0 Å². The Balaban J connectivity index is 2.07. The van der Waals surface area contributed by atoms with Crippen LogP contribution in [0.5, 0.6) is 0 Å². The van der Waals surface area contributed by atoms with Crippen LogP contribution in [0.15, 0.2) is 0 Å². The molecule has 0 radical (unpaired) electrons. The predicted octanol–water partition coefficient (Wildman–Crippen LogP) is 2.17. The van der Waals surface area contributed by atoms with Gasteiger partial charge in [0.15, 0.2) is 0 Å². The third-order valence-electron chi connectivity index (χ3n) is 3.22. The van der Waals surface area contributed by atoms with Crippen molar-refractivity contribution in [3.05, 3.63) is 0 Å². The van der Waals surface area contributed by atoms with Crippen molar-refractivity contribution in [2.45, 2.75) is 58.0 Å². The van der Waals surface area contributed by atoms with Crippen molar-refractivity contribution >= 4 is 17.7 Å². The molecule has 1 saturated heterocycles. The molecule has 17 heavy (non-hydrogen) atoms. The number of carbonyl (C=O) groups excluding carboxylic acids is 1. The lowest BCUT2D eigenvalue weighted by molar-refractivity contribution is -0.121. The zero-order valence-corrected chi connectivity index (χ0v) is 11.9. The lowest BCUT2D eigenvalue weighted by Gasteiger charge is -2.30. The average Bonchev–Trinajstić information content (AvgIpc) is 2.32. The van der Waals surface area contributed by atoms with Crippen molar-refractivity contribution < 1.29 is 4.79 Å². The van der Waals surface area contributed by atoms with Crippen LogP contribution in [-0.2, 0) is 4.79 Å². The van der Waals surface area contributed by atoms with Gasteiger partial charge in [0.1, 0.15) is 0 Å². The monoisotopic (exact) mass is 258 g/mol. The molecule has 0 bridgehead atoms. The summed E-state index contributed by atoms with van der Waals surface area (Å²) in [5.74, 6) is 2.36. The van der Waals surface area contributed by atoms with Gasteiger partial charge < -0.3 is 10.6 Å². The predicted molar refractivity (Wildman–Crippen MR) is 75.5 cm³/mol. The fourth-order valence-electron chi connectivity index (χ4n) is 2.03. The molecule has 0 saturated carbocycles. The number of nitrogens with one attached hydrogen (secondary N) is 2. The quantitative estimate of drug-likeness (QED) is 0.688. The lowest BCUT2D eigenvalue weighted by Crippen LogP contribution is -2.51. The highest BCUT2D eigenvalue weighted by atomic mass is 32.2. The SMILES string of the molecule is CCCCSCCC(=O)NC1CCCNC1C. The minimum Gasteiger partial charge on any atom is -0.352 e. The van der Waals surface area contributed by atoms with Crippen molar-refractivity contribution in [3.8, 4) is 0 Å². The maximum atomic E-state index is 11.7. The van der Waals surface area contributed by atoms with Gasteiger partial charge in [0.05, 0.1) is 0 Å². The van der Waals surface area contributed by atoms with E-state index in [1.165, 1.54) is 25.0 Å². The Bertz CT molecular complexity index is 223. The van der Waals surface area contributed by atoms with Crippen molar-refractivity contribution in [1.29, 1.82) is 0 Å². The molecule has 0 aromatic rings. The number of rotatable bonds is 7. The molecule has 0 aromatic carbocycles. The third-order valence-corrected chi connectivity index (χ3v) is 4.29. The van der Waals surface area contributed by atoms with Crippen LogP contribution in [0.1, 0.15) is 46.0 Å². The fourth-order valence-corrected chi connectivity index (χ4v) is 3.06. The van der Waals surface area contributed by atoms with E-state index in [0.29, 0.717) is 18.5 Å². The van der Waals surface area contributed by atoms with E-state index in [4.69, 9.17) is 0 Å². The summed E-state index contributed by atoms with van der Waals surface area (Å²) in [4.78, 5) is 11.7. The molecule has 1 amide bonds. The molecule has 100 valence electrons. The molecule has 0 spiro atoms. The summed E-state index contributed by atoms with van der Waals surface area (Å²) in [5.41, 5.74) is 0. The standard InChI is InChI=1S/C13H26N2OS/c1-3-4-9-17-10-7-13(16)15-12-6-5-8-14-11(12)2/h11-12,14H,3-10H2,1-2H3,(H,15,16). The van der Waals surface area contributed by atoms with Gasteiger partial charge in [0.2, 0.25) is 5.91 Å². The highest BCUT2D eigenvalue weighted by Crippen LogP contribution is 2.10. The number of hydrogen-bond donors (Lipinski definition) is 2. The maximum Gasteiger partial charge on any atom is 0.221 e. The number of hydrogen-bond acceptors (Lipinski definition) is 3. The Morgan fingerprint density at radius 2 is 2.29 bits per heavy atom. The number of amides is 1. The Labute approximate surface area is 109 Å². The van der Waals surface area contributed by atoms with Crippen molar-refractivity contribution in [3.63, 3.8) is 0 Å². The van der Waals surface area contributed by atoms with Crippen LogP contribution in [0, 0.1) is 0 Å². The van der Waals surface area contributed by atoms with E-state index < -0.39 is 0 Å². The number of unbranched alkanes of at least 4 members (excludes halogenated alkanes) is 1. The van der Waals surface area contributed by atoms with Gasteiger partial charge in [0, 0.05) is 24.3 Å². The molecular formula is C13H26N2OS. The lowest BCUT2D eigenvalue weighted by atomic mass is 10.00. The van der Waals surface area contributed by atoms with Gasteiger partial charge in [-0.25, -0.2) is 0 Å². The van der Waals surface area contributed by atoms with Gasteiger partial charge in [-0.15, -0.1) is 0 Å². The van der Waals surface area contributed by atoms with Gasteiger partial charge >= 0.3 is 0 Å². The van der Waals surface area contributed by atoms with E-state index >= 15 is 0 Å². The zero-order chi connectivity index (χ0) is 12.5. The van der Waals surface area contributed by atoms with E-state index in [-0.39, 0.29) is 5.91 Å². The van der Waals surface area contributed by atoms with Gasteiger partial charge in [0.25, 0.3) is 0 Å². The molecule has 1 fully saturated rings. The second-order valence-electron chi connectivity index (χ2n) is 4.77.